The van der Waals surface area contributed by atoms with Gasteiger partial charge in [0.25, 0.3) is 5.56 Å². The molecule has 1 saturated heterocycles. The maximum Gasteiger partial charge on any atom is 0.329 e. The van der Waals surface area contributed by atoms with E-state index in [9.17, 15) is 18.4 Å². The van der Waals surface area contributed by atoms with Crippen LogP contribution in [0.5, 0.6) is 5.75 Å². The number of fused-ring (bicyclic) bond motifs is 1. The second kappa shape index (κ2) is 7.12. The van der Waals surface area contributed by atoms with E-state index in [2.05, 4.69) is 4.98 Å². The summed E-state index contributed by atoms with van der Waals surface area (Å²) in [7, 11) is 1.35. The first-order valence-corrected chi connectivity index (χ1v) is 8.60. The number of aromatic nitrogens is 2. The van der Waals surface area contributed by atoms with Crippen LogP contribution in [0.3, 0.4) is 0 Å². The van der Waals surface area contributed by atoms with Crippen LogP contribution in [-0.2, 0) is 0 Å². The first-order valence-electron chi connectivity index (χ1n) is 8.60. The summed E-state index contributed by atoms with van der Waals surface area (Å²) in [6.07, 6.45) is 0.412. The van der Waals surface area contributed by atoms with Crippen LogP contribution in [0.25, 0.3) is 10.9 Å². The fourth-order valence-electron chi connectivity index (χ4n) is 3.75. The molecule has 2 heterocycles. The maximum atomic E-state index is 14.9. The summed E-state index contributed by atoms with van der Waals surface area (Å²) in [6, 6.07) is 1.03. The molecule has 2 atom stereocenters. The Kier molecular flexibility index (Phi) is 5.18. The smallest absolute Gasteiger partial charge is 0.329 e. The zero-order valence-electron chi connectivity index (χ0n) is 14.7. The third kappa shape index (κ3) is 3.08. The molecule has 2 aliphatic rings. The Morgan fingerprint density at radius 1 is 1.33 bits per heavy atom. The molecule has 27 heavy (non-hydrogen) atoms. The van der Waals surface area contributed by atoms with Gasteiger partial charge in [0.2, 0.25) is 0 Å². The first kappa shape index (κ1) is 19.6. The number of nitrogens with two attached hydrogens (primary N) is 1. The maximum absolute atomic E-state index is 14.9. The minimum atomic E-state index is -1.18. The number of H-pyrrole nitrogens is 1. The molecule has 2 unspecified atom stereocenters. The van der Waals surface area contributed by atoms with Crippen LogP contribution in [0.2, 0.25) is 0 Å². The SMILES string of the molecule is COc1c(N2CC(F)C(CN)C2)c(F)cc2c(=O)[nH]c(=O)n(C3CC3)c12.Cl. The Labute approximate surface area is 159 Å². The number of rotatable bonds is 4. The second-order valence-corrected chi connectivity index (χ2v) is 6.91. The van der Waals surface area contributed by atoms with Crippen LogP contribution in [0.4, 0.5) is 14.5 Å². The van der Waals surface area contributed by atoms with E-state index in [1.807, 2.05) is 0 Å². The lowest BCUT2D eigenvalue weighted by Crippen LogP contribution is -2.31. The number of hydrogen-bond acceptors (Lipinski definition) is 5. The number of halogens is 3. The van der Waals surface area contributed by atoms with Gasteiger partial charge in [0.15, 0.2) is 11.6 Å². The van der Waals surface area contributed by atoms with Crippen LogP contribution < -0.4 is 26.6 Å². The van der Waals surface area contributed by atoms with Crippen LogP contribution in [-0.4, -0.2) is 42.5 Å². The molecule has 1 aliphatic carbocycles. The number of hydrogen-bond donors (Lipinski definition) is 2. The van der Waals surface area contributed by atoms with E-state index in [1.54, 1.807) is 4.90 Å². The Bertz CT molecular complexity index is 989. The number of anilines is 1. The number of alkyl halides is 1. The summed E-state index contributed by atoms with van der Waals surface area (Å²) >= 11 is 0. The predicted molar refractivity (Wildman–Crippen MR) is 101 cm³/mol. The normalized spacial score (nSPS) is 22.1. The molecule has 3 N–H and O–H groups in total. The number of benzene rings is 1. The minimum Gasteiger partial charge on any atom is -0.492 e. The predicted octanol–water partition coefficient (Wildman–Crippen LogP) is 1.33. The Morgan fingerprint density at radius 2 is 2.04 bits per heavy atom. The summed E-state index contributed by atoms with van der Waals surface area (Å²) in [6.45, 7) is 0.381. The Hall–Kier alpha value is -2.13. The zero-order chi connectivity index (χ0) is 18.6. The molecule has 4 rings (SSSR count). The monoisotopic (exact) mass is 402 g/mol. The lowest BCUT2D eigenvalue weighted by molar-refractivity contribution is 0.289. The van der Waals surface area contributed by atoms with Crippen molar-refractivity contribution in [2.24, 2.45) is 11.7 Å². The minimum absolute atomic E-state index is 0. The molecule has 1 aliphatic heterocycles. The highest BCUT2D eigenvalue weighted by molar-refractivity contribution is 5.91. The summed E-state index contributed by atoms with van der Waals surface area (Å²) in [4.78, 5) is 28.3. The van der Waals surface area contributed by atoms with E-state index in [4.69, 9.17) is 10.5 Å². The van der Waals surface area contributed by atoms with Crippen molar-refractivity contribution in [3.05, 3.63) is 32.7 Å². The van der Waals surface area contributed by atoms with Gasteiger partial charge >= 0.3 is 5.69 Å². The van der Waals surface area contributed by atoms with E-state index >= 15 is 0 Å². The molecule has 1 aromatic heterocycles. The van der Waals surface area contributed by atoms with Gasteiger partial charge in [-0.3, -0.25) is 14.3 Å². The molecule has 148 valence electrons. The lowest BCUT2D eigenvalue weighted by atomic mass is 10.1. The van der Waals surface area contributed by atoms with Gasteiger partial charge in [-0.15, -0.1) is 12.4 Å². The number of methoxy groups -OCH3 is 1. The molecule has 2 fully saturated rings. The van der Waals surface area contributed by atoms with Crippen LogP contribution >= 0.6 is 12.4 Å². The molecule has 1 saturated carbocycles. The van der Waals surface area contributed by atoms with Crippen molar-refractivity contribution in [1.29, 1.82) is 0 Å². The largest absolute Gasteiger partial charge is 0.492 e. The summed E-state index contributed by atoms with van der Waals surface area (Å²) < 4.78 is 35.9. The van der Waals surface area contributed by atoms with E-state index in [-0.39, 0.29) is 60.4 Å². The van der Waals surface area contributed by atoms with Crippen LogP contribution in [0, 0.1) is 11.7 Å². The van der Waals surface area contributed by atoms with Crippen molar-refractivity contribution >= 4 is 29.0 Å². The van der Waals surface area contributed by atoms with Crippen molar-refractivity contribution in [2.75, 3.05) is 31.6 Å². The fourth-order valence-corrected chi connectivity index (χ4v) is 3.75. The van der Waals surface area contributed by atoms with E-state index < -0.39 is 29.2 Å². The molecule has 0 amide bonds. The molecule has 1 aromatic carbocycles. The quantitative estimate of drug-likeness (QED) is 0.804. The number of aromatic amines is 1. The third-order valence-corrected chi connectivity index (χ3v) is 5.20. The summed E-state index contributed by atoms with van der Waals surface area (Å²) in [5.74, 6) is -1.01. The zero-order valence-corrected chi connectivity index (χ0v) is 15.5. The van der Waals surface area contributed by atoms with Gasteiger partial charge in [-0.1, -0.05) is 0 Å². The molecule has 0 bridgehead atoms. The first-order chi connectivity index (χ1) is 12.5. The van der Waals surface area contributed by atoms with E-state index in [0.717, 1.165) is 18.9 Å². The van der Waals surface area contributed by atoms with Gasteiger partial charge in [0.05, 0.1) is 12.5 Å². The Morgan fingerprint density at radius 3 is 2.59 bits per heavy atom. The molecule has 0 radical (unpaired) electrons. The fraction of sp³-hybridized carbons (Fsp3) is 0.529. The highest BCUT2D eigenvalue weighted by Crippen LogP contribution is 2.43. The van der Waals surface area contributed by atoms with Crippen molar-refractivity contribution < 1.29 is 13.5 Å². The van der Waals surface area contributed by atoms with Gasteiger partial charge in [-0.05, 0) is 25.5 Å². The molecular formula is C17H21ClF2N4O3. The standard InChI is InChI=1S/C17H20F2N4O3.ClH/c1-26-15-13-10(16(24)21-17(25)23(13)9-2-3-9)4-11(18)14(15)22-6-8(5-20)12(19)7-22;/h4,8-9,12H,2-3,5-7,20H2,1H3,(H,21,24,25);1H. The molecule has 0 spiro atoms. The number of nitrogens with one attached hydrogen (secondary N) is 1. The topological polar surface area (TPSA) is 93.3 Å². The molecular weight excluding hydrogens is 382 g/mol. The van der Waals surface area contributed by atoms with E-state index in [1.165, 1.54) is 11.7 Å². The molecule has 7 nitrogen and oxygen atoms in total. The van der Waals surface area contributed by atoms with Crippen LogP contribution in [0.15, 0.2) is 15.7 Å². The van der Waals surface area contributed by atoms with Crippen molar-refractivity contribution in [2.45, 2.75) is 25.1 Å². The average molecular weight is 403 g/mol. The highest BCUT2D eigenvalue weighted by Gasteiger charge is 2.36. The average Bonchev–Trinajstić information content (AvgIpc) is 3.36. The van der Waals surface area contributed by atoms with Gasteiger partial charge in [-0.25, -0.2) is 13.6 Å². The number of nitrogens with zero attached hydrogens (tertiary/aromatic N) is 2. The van der Waals surface area contributed by atoms with Gasteiger partial charge in [0.1, 0.15) is 17.4 Å². The summed E-state index contributed by atoms with van der Waals surface area (Å²) in [5, 5.41) is 0.0426. The molecule has 10 heteroatoms. The molecule has 2 aromatic rings. The van der Waals surface area contributed by atoms with Crippen molar-refractivity contribution in [1.82, 2.24) is 9.55 Å². The van der Waals surface area contributed by atoms with Gasteiger partial charge < -0.3 is 15.4 Å². The van der Waals surface area contributed by atoms with Crippen molar-refractivity contribution in [3.63, 3.8) is 0 Å². The second-order valence-electron chi connectivity index (χ2n) is 6.91. The lowest BCUT2D eigenvalue weighted by Gasteiger charge is -2.23. The van der Waals surface area contributed by atoms with Crippen molar-refractivity contribution in [3.8, 4) is 5.75 Å². The third-order valence-electron chi connectivity index (χ3n) is 5.20. The number of ether oxygens (including phenoxy) is 1. The van der Waals surface area contributed by atoms with Gasteiger partial charge in [0, 0.05) is 25.0 Å². The van der Waals surface area contributed by atoms with Crippen LogP contribution in [0.1, 0.15) is 18.9 Å². The summed E-state index contributed by atoms with van der Waals surface area (Å²) in [5.41, 5.74) is 4.70. The van der Waals surface area contributed by atoms with Gasteiger partial charge in [-0.2, -0.15) is 0 Å². The Balaban J connectivity index is 0.00000210. The van der Waals surface area contributed by atoms with E-state index in [0.29, 0.717) is 0 Å². The highest BCUT2D eigenvalue weighted by atomic mass is 35.5.